The molecule has 1 saturated heterocycles. The molecule has 0 saturated carbocycles. The second-order valence-electron chi connectivity index (χ2n) is 7.39. The van der Waals surface area contributed by atoms with Gasteiger partial charge in [-0.1, -0.05) is 11.6 Å². The zero-order valence-corrected chi connectivity index (χ0v) is 20.9. The van der Waals surface area contributed by atoms with E-state index in [9.17, 15) is 0 Å². The van der Waals surface area contributed by atoms with Crippen LogP contribution in [0.4, 0.5) is 0 Å². The van der Waals surface area contributed by atoms with Crippen LogP contribution in [-0.4, -0.2) is 73.3 Å². The summed E-state index contributed by atoms with van der Waals surface area (Å²) in [6, 6.07) is 5.91. The fourth-order valence-corrected chi connectivity index (χ4v) is 3.68. The molecule has 1 aliphatic heterocycles. The number of furan rings is 1. The van der Waals surface area contributed by atoms with Crippen LogP contribution >= 0.6 is 35.6 Å². The molecule has 1 fully saturated rings. The van der Waals surface area contributed by atoms with Gasteiger partial charge >= 0.3 is 0 Å². The highest BCUT2D eigenvalue weighted by Crippen LogP contribution is 2.14. The summed E-state index contributed by atoms with van der Waals surface area (Å²) in [7, 11) is 4.07. The summed E-state index contributed by atoms with van der Waals surface area (Å²) in [6.07, 6.45) is 5.49. The van der Waals surface area contributed by atoms with E-state index in [0.717, 1.165) is 87.8 Å². The molecule has 0 bridgehead atoms. The summed E-state index contributed by atoms with van der Waals surface area (Å²) in [6.45, 7) is 7.07. The summed E-state index contributed by atoms with van der Waals surface area (Å²) < 4.78 is 12.9. The lowest BCUT2D eigenvalue weighted by Gasteiger charge is -2.26. The molecule has 3 heterocycles. The van der Waals surface area contributed by atoms with Gasteiger partial charge in [-0.05, 0) is 24.6 Å². The fraction of sp³-hybridized carbons (Fsp3) is 0.571. The molecular weight excluding hydrogens is 517 g/mol. The van der Waals surface area contributed by atoms with Crippen LogP contribution < -0.4 is 5.32 Å². The first-order valence-electron chi connectivity index (χ1n) is 10.2. The summed E-state index contributed by atoms with van der Waals surface area (Å²) in [5.74, 6) is 1.87. The maximum Gasteiger partial charge on any atom is 0.194 e. The Morgan fingerprint density at radius 3 is 2.80 bits per heavy atom. The molecule has 0 radical (unpaired) electrons. The van der Waals surface area contributed by atoms with E-state index in [1.807, 2.05) is 31.4 Å². The van der Waals surface area contributed by atoms with Crippen molar-refractivity contribution in [1.29, 1.82) is 0 Å². The van der Waals surface area contributed by atoms with Gasteiger partial charge in [0.25, 0.3) is 0 Å². The first-order valence-corrected chi connectivity index (χ1v) is 10.6. The van der Waals surface area contributed by atoms with E-state index in [0.29, 0.717) is 0 Å². The van der Waals surface area contributed by atoms with Gasteiger partial charge in [0, 0.05) is 65.1 Å². The van der Waals surface area contributed by atoms with Crippen molar-refractivity contribution in [3.05, 3.63) is 47.1 Å². The van der Waals surface area contributed by atoms with Crippen molar-refractivity contribution in [2.45, 2.75) is 19.4 Å². The largest absolute Gasteiger partial charge is 0.469 e. The Labute approximate surface area is 201 Å². The molecule has 9 heteroatoms. The number of nitrogens with zero attached hydrogens (tertiary/aromatic N) is 4. The molecule has 2 aromatic heterocycles. The Bertz CT molecular complexity index is 760. The van der Waals surface area contributed by atoms with Gasteiger partial charge in [-0.25, -0.2) is 0 Å². The Hall–Kier alpha value is -1.23. The molecule has 168 valence electrons. The second-order valence-corrected chi connectivity index (χ2v) is 7.82. The number of aryl methyl sites for hydroxylation is 1. The van der Waals surface area contributed by atoms with Crippen LogP contribution in [0, 0.1) is 0 Å². The summed E-state index contributed by atoms with van der Waals surface area (Å²) in [5.41, 5.74) is 1.14. The predicted octanol–water partition coefficient (Wildman–Crippen LogP) is 3.23. The van der Waals surface area contributed by atoms with E-state index < -0.39 is 0 Å². The molecule has 0 spiro atoms. The third-order valence-electron chi connectivity index (χ3n) is 5.07. The minimum Gasteiger partial charge on any atom is -0.469 e. The van der Waals surface area contributed by atoms with Gasteiger partial charge in [-0.3, -0.25) is 9.89 Å². The van der Waals surface area contributed by atoms with E-state index in [1.54, 1.807) is 6.26 Å². The lowest BCUT2D eigenvalue weighted by Crippen LogP contribution is -2.40. The molecule has 0 aromatic carbocycles. The van der Waals surface area contributed by atoms with Crippen molar-refractivity contribution in [2.75, 3.05) is 53.0 Å². The number of aromatic nitrogens is 1. The molecule has 1 N–H and O–H groups in total. The number of aliphatic imine (C=N–C) groups is 1. The van der Waals surface area contributed by atoms with Crippen LogP contribution in [0.15, 0.2) is 40.1 Å². The molecule has 0 amide bonds. The highest BCUT2D eigenvalue weighted by molar-refractivity contribution is 14.0. The average Bonchev–Trinajstić information content (AvgIpc) is 3.34. The maximum atomic E-state index is 6.14. The Morgan fingerprint density at radius 1 is 1.33 bits per heavy atom. The smallest absolute Gasteiger partial charge is 0.194 e. The van der Waals surface area contributed by atoms with Gasteiger partial charge in [-0.2, -0.15) is 0 Å². The first kappa shape index (κ1) is 25.0. The second kappa shape index (κ2) is 13.2. The van der Waals surface area contributed by atoms with Crippen molar-refractivity contribution < 1.29 is 9.15 Å². The molecule has 0 atom stereocenters. The molecule has 0 unspecified atom stereocenters. The average molecular weight is 550 g/mol. The molecule has 30 heavy (non-hydrogen) atoms. The number of halogens is 2. The quantitative estimate of drug-likeness (QED) is 0.225. The minimum absolute atomic E-state index is 0. The van der Waals surface area contributed by atoms with Gasteiger partial charge < -0.3 is 23.9 Å². The number of nitrogens with one attached hydrogen (secondary N) is 1. The normalized spacial score (nSPS) is 15.1. The number of rotatable bonds is 9. The van der Waals surface area contributed by atoms with Crippen molar-refractivity contribution in [3.8, 4) is 0 Å². The number of morpholine rings is 1. The van der Waals surface area contributed by atoms with E-state index in [-0.39, 0.29) is 24.0 Å². The minimum atomic E-state index is 0. The van der Waals surface area contributed by atoms with Crippen molar-refractivity contribution in [3.63, 3.8) is 0 Å². The van der Waals surface area contributed by atoms with E-state index in [1.165, 1.54) is 0 Å². The van der Waals surface area contributed by atoms with Gasteiger partial charge in [0.15, 0.2) is 5.96 Å². The lowest BCUT2D eigenvalue weighted by atomic mass is 10.3. The van der Waals surface area contributed by atoms with Crippen molar-refractivity contribution in [2.24, 2.45) is 12.0 Å². The molecule has 2 aromatic rings. The molecule has 0 aliphatic carbocycles. The SMILES string of the molecule is CN(Cc1cc(Cl)cn1C)C(=NCCCN1CCOCC1)NCCc1ccco1.I. The van der Waals surface area contributed by atoms with Gasteiger partial charge in [-0.15, -0.1) is 24.0 Å². The Balaban J connectivity index is 0.00000320. The predicted molar refractivity (Wildman–Crippen MR) is 132 cm³/mol. The van der Waals surface area contributed by atoms with Gasteiger partial charge in [0.2, 0.25) is 0 Å². The number of hydrogen-bond acceptors (Lipinski definition) is 4. The van der Waals surface area contributed by atoms with Crippen molar-refractivity contribution >= 4 is 41.5 Å². The van der Waals surface area contributed by atoms with Crippen LogP contribution in [0.2, 0.25) is 5.02 Å². The highest BCUT2D eigenvalue weighted by Gasteiger charge is 2.12. The number of guanidine groups is 1. The number of hydrogen-bond donors (Lipinski definition) is 1. The topological polar surface area (TPSA) is 58.2 Å². The van der Waals surface area contributed by atoms with Crippen LogP contribution in [0.3, 0.4) is 0 Å². The summed E-state index contributed by atoms with van der Waals surface area (Å²) in [5, 5.41) is 4.24. The van der Waals surface area contributed by atoms with E-state index in [4.69, 9.17) is 25.7 Å². The van der Waals surface area contributed by atoms with Crippen molar-refractivity contribution in [1.82, 2.24) is 19.7 Å². The standard InChI is InChI=1S/C21H32ClN5O2.HI/c1-25-16-18(22)15-19(25)17-26(2)21(24-8-6-20-5-3-12-29-20)23-7-4-9-27-10-13-28-14-11-27;/h3,5,12,15-16H,4,6-11,13-14,17H2,1-2H3,(H,23,24);1H. The number of ether oxygens (including phenoxy) is 1. The zero-order chi connectivity index (χ0) is 20.5. The van der Waals surface area contributed by atoms with E-state index >= 15 is 0 Å². The lowest BCUT2D eigenvalue weighted by molar-refractivity contribution is 0.0377. The summed E-state index contributed by atoms with van der Waals surface area (Å²) in [4.78, 5) is 9.44. The molecule has 3 rings (SSSR count). The molecular formula is C21H33ClIN5O2. The van der Waals surface area contributed by atoms with Crippen LogP contribution in [0.1, 0.15) is 17.9 Å². The maximum absolute atomic E-state index is 6.14. The van der Waals surface area contributed by atoms with Crippen LogP contribution in [0.5, 0.6) is 0 Å². The van der Waals surface area contributed by atoms with Crippen LogP contribution in [-0.2, 0) is 24.8 Å². The van der Waals surface area contributed by atoms with Crippen LogP contribution in [0.25, 0.3) is 0 Å². The highest BCUT2D eigenvalue weighted by atomic mass is 127. The third kappa shape index (κ3) is 8.13. The molecule has 7 nitrogen and oxygen atoms in total. The Kier molecular flexibility index (Phi) is 11.0. The Morgan fingerprint density at radius 2 is 2.13 bits per heavy atom. The van der Waals surface area contributed by atoms with E-state index in [2.05, 4.69) is 26.7 Å². The third-order valence-corrected chi connectivity index (χ3v) is 5.27. The van der Waals surface area contributed by atoms with Gasteiger partial charge in [0.1, 0.15) is 5.76 Å². The van der Waals surface area contributed by atoms with Gasteiger partial charge in [0.05, 0.1) is 31.0 Å². The monoisotopic (exact) mass is 549 g/mol. The first-order chi connectivity index (χ1) is 14.1. The zero-order valence-electron chi connectivity index (χ0n) is 17.8. The fourth-order valence-electron chi connectivity index (χ4n) is 3.41. The summed E-state index contributed by atoms with van der Waals surface area (Å²) >= 11 is 6.14. The molecule has 1 aliphatic rings.